The van der Waals surface area contributed by atoms with Crippen molar-refractivity contribution in [2.45, 2.75) is 18.9 Å². The Labute approximate surface area is 147 Å². The van der Waals surface area contributed by atoms with Crippen LogP contribution in [0.15, 0.2) is 42.5 Å². The predicted molar refractivity (Wildman–Crippen MR) is 97.9 cm³/mol. The summed E-state index contributed by atoms with van der Waals surface area (Å²) in [6.45, 7) is 2.08. The lowest BCUT2D eigenvalue weighted by Crippen LogP contribution is -2.37. The van der Waals surface area contributed by atoms with Gasteiger partial charge in [0.2, 0.25) is 0 Å². The van der Waals surface area contributed by atoms with Gasteiger partial charge >= 0.3 is 0 Å². The quantitative estimate of drug-likeness (QED) is 0.806. The van der Waals surface area contributed by atoms with Gasteiger partial charge in [0.05, 0.1) is 5.71 Å². The average Bonchev–Trinajstić information content (AvgIpc) is 2.58. The van der Waals surface area contributed by atoms with Crippen molar-refractivity contribution in [3.8, 4) is 0 Å². The van der Waals surface area contributed by atoms with Crippen LogP contribution in [0.3, 0.4) is 0 Å². The molecule has 0 spiro atoms. The van der Waals surface area contributed by atoms with Crippen LogP contribution in [0.25, 0.3) is 0 Å². The lowest BCUT2D eigenvalue weighted by molar-refractivity contribution is 0.264. The van der Waals surface area contributed by atoms with Gasteiger partial charge in [-0.05, 0) is 57.2 Å². The molecule has 0 saturated carbocycles. The minimum Gasteiger partial charge on any atom is -0.382 e. The maximum absolute atomic E-state index is 13.8. The van der Waals surface area contributed by atoms with Crippen LogP contribution in [0.1, 0.15) is 24.0 Å². The number of rotatable bonds is 4. The van der Waals surface area contributed by atoms with Crippen molar-refractivity contribution in [1.29, 1.82) is 5.41 Å². The number of hydrogen-bond donors (Lipinski definition) is 2. The highest BCUT2D eigenvalue weighted by atomic mass is 35.5. The molecule has 0 unspecified atom stereocenters. The highest BCUT2D eigenvalue weighted by Crippen LogP contribution is 2.26. The molecule has 2 aromatic carbocycles. The van der Waals surface area contributed by atoms with E-state index < -0.39 is 0 Å². The van der Waals surface area contributed by atoms with Crippen molar-refractivity contribution in [2.24, 2.45) is 0 Å². The third-order valence-electron chi connectivity index (χ3n) is 4.47. The Bertz CT molecular complexity index is 739. The number of anilines is 1. The Balaban J connectivity index is 1.88. The fourth-order valence-electron chi connectivity index (χ4n) is 3.03. The van der Waals surface area contributed by atoms with Gasteiger partial charge in [0.15, 0.2) is 0 Å². The number of halogens is 2. The van der Waals surface area contributed by atoms with Crippen LogP contribution in [0.4, 0.5) is 10.1 Å². The molecule has 1 fully saturated rings. The lowest BCUT2D eigenvalue weighted by Gasteiger charge is -2.30. The van der Waals surface area contributed by atoms with Crippen LogP contribution in [-0.4, -0.2) is 36.8 Å². The fourth-order valence-corrected chi connectivity index (χ4v) is 3.26. The van der Waals surface area contributed by atoms with E-state index in [1.807, 2.05) is 12.1 Å². The molecule has 126 valence electrons. The van der Waals surface area contributed by atoms with Gasteiger partial charge in [-0.25, -0.2) is 4.39 Å². The summed E-state index contributed by atoms with van der Waals surface area (Å²) in [5, 5.41) is 12.5. The first-order chi connectivity index (χ1) is 11.5. The van der Waals surface area contributed by atoms with Gasteiger partial charge in [-0.3, -0.25) is 5.41 Å². The number of nitrogens with zero attached hydrogens (tertiary/aromatic N) is 1. The highest BCUT2D eigenvalue weighted by molar-refractivity contribution is 6.35. The predicted octanol–water partition coefficient (Wildman–Crippen LogP) is 4.40. The minimum atomic E-state index is -0.351. The molecule has 3 rings (SSSR count). The van der Waals surface area contributed by atoms with E-state index in [1.165, 1.54) is 12.1 Å². The molecule has 0 bridgehead atoms. The molecule has 24 heavy (non-hydrogen) atoms. The van der Waals surface area contributed by atoms with Crippen molar-refractivity contribution in [3.63, 3.8) is 0 Å². The third-order valence-corrected chi connectivity index (χ3v) is 4.80. The minimum absolute atomic E-state index is 0.232. The van der Waals surface area contributed by atoms with Crippen LogP contribution in [0.2, 0.25) is 5.02 Å². The van der Waals surface area contributed by atoms with Crippen molar-refractivity contribution >= 4 is 23.0 Å². The maximum Gasteiger partial charge on any atom is 0.124 e. The van der Waals surface area contributed by atoms with Crippen LogP contribution >= 0.6 is 11.6 Å². The molecule has 2 N–H and O–H groups in total. The van der Waals surface area contributed by atoms with E-state index in [2.05, 4.69) is 17.3 Å². The summed E-state index contributed by atoms with van der Waals surface area (Å²) < 4.78 is 13.8. The van der Waals surface area contributed by atoms with Gasteiger partial charge in [-0.1, -0.05) is 29.8 Å². The zero-order valence-corrected chi connectivity index (χ0v) is 14.4. The Kier molecular flexibility index (Phi) is 5.17. The molecule has 0 aliphatic carbocycles. The highest BCUT2D eigenvalue weighted by Gasteiger charge is 2.19. The van der Waals surface area contributed by atoms with E-state index >= 15 is 0 Å². The molecule has 0 atom stereocenters. The lowest BCUT2D eigenvalue weighted by atomic mass is 9.98. The SMILES string of the molecule is CN1CCC(Nc2ccc(F)cc2C(=N)c2ccccc2Cl)CC1. The van der Waals surface area contributed by atoms with E-state index in [-0.39, 0.29) is 11.5 Å². The first-order valence-electron chi connectivity index (χ1n) is 8.13. The third kappa shape index (κ3) is 3.77. The van der Waals surface area contributed by atoms with Crippen LogP contribution < -0.4 is 5.32 Å². The summed E-state index contributed by atoms with van der Waals surface area (Å²) in [5.41, 5.74) is 2.17. The molecule has 1 aliphatic heterocycles. The first kappa shape index (κ1) is 16.9. The number of hydrogen-bond acceptors (Lipinski definition) is 3. The Morgan fingerprint density at radius 1 is 1.17 bits per heavy atom. The van der Waals surface area contributed by atoms with E-state index in [1.54, 1.807) is 18.2 Å². The van der Waals surface area contributed by atoms with E-state index in [9.17, 15) is 4.39 Å². The van der Waals surface area contributed by atoms with Crippen molar-refractivity contribution in [3.05, 3.63) is 64.4 Å². The van der Waals surface area contributed by atoms with E-state index in [4.69, 9.17) is 17.0 Å². The van der Waals surface area contributed by atoms with Gasteiger partial charge in [0.1, 0.15) is 5.82 Å². The number of benzene rings is 2. The number of nitrogens with one attached hydrogen (secondary N) is 2. The summed E-state index contributed by atoms with van der Waals surface area (Å²) in [7, 11) is 2.12. The van der Waals surface area contributed by atoms with Crippen molar-refractivity contribution in [2.75, 3.05) is 25.5 Å². The molecule has 0 radical (unpaired) electrons. The molecule has 1 heterocycles. The normalized spacial score (nSPS) is 16.1. The molecular formula is C19H21ClFN3. The largest absolute Gasteiger partial charge is 0.382 e. The zero-order chi connectivity index (χ0) is 17.1. The van der Waals surface area contributed by atoms with Crippen LogP contribution in [0.5, 0.6) is 0 Å². The second kappa shape index (κ2) is 7.32. The topological polar surface area (TPSA) is 39.1 Å². The average molecular weight is 346 g/mol. The summed E-state index contributed by atoms with van der Waals surface area (Å²) >= 11 is 6.21. The van der Waals surface area contributed by atoms with Crippen molar-refractivity contribution < 1.29 is 4.39 Å². The summed E-state index contributed by atoms with van der Waals surface area (Å²) in [6, 6.07) is 12.1. The number of piperidine rings is 1. The molecule has 0 aromatic heterocycles. The monoisotopic (exact) mass is 345 g/mol. The van der Waals surface area contributed by atoms with Gasteiger partial charge in [0, 0.05) is 27.9 Å². The van der Waals surface area contributed by atoms with Gasteiger partial charge in [-0.15, -0.1) is 0 Å². The number of likely N-dealkylation sites (tertiary alicyclic amines) is 1. The van der Waals surface area contributed by atoms with Crippen LogP contribution in [0, 0.1) is 11.2 Å². The van der Waals surface area contributed by atoms with Gasteiger partial charge < -0.3 is 10.2 Å². The second-order valence-electron chi connectivity index (χ2n) is 6.27. The van der Waals surface area contributed by atoms with Crippen LogP contribution in [-0.2, 0) is 0 Å². The van der Waals surface area contributed by atoms with E-state index in [0.29, 0.717) is 22.2 Å². The molecule has 0 amide bonds. The summed E-state index contributed by atoms with van der Waals surface area (Å²) in [5.74, 6) is -0.351. The fraction of sp³-hybridized carbons (Fsp3) is 0.316. The second-order valence-corrected chi connectivity index (χ2v) is 6.67. The Morgan fingerprint density at radius 2 is 1.88 bits per heavy atom. The van der Waals surface area contributed by atoms with Crippen molar-refractivity contribution in [1.82, 2.24) is 4.90 Å². The zero-order valence-electron chi connectivity index (χ0n) is 13.7. The first-order valence-corrected chi connectivity index (χ1v) is 8.51. The molecule has 3 nitrogen and oxygen atoms in total. The van der Waals surface area contributed by atoms with Gasteiger partial charge in [-0.2, -0.15) is 0 Å². The maximum atomic E-state index is 13.8. The molecule has 1 saturated heterocycles. The Hall–Kier alpha value is -1.91. The smallest absolute Gasteiger partial charge is 0.124 e. The summed E-state index contributed by atoms with van der Waals surface area (Å²) in [4.78, 5) is 2.30. The molecule has 1 aliphatic rings. The standard InChI is InChI=1S/C19H21ClFN3/c1-24-10-8-14(9-11-24)23-18-7-6-13(21)12-16(18)19(22)15-4-2-3-5-17(15)20/h2-7,12,14,22-23H,8-11H2,1H3. The Morgan fingerprint density at radius 3 is 2.58 bits per heavy atom. The van der Waals surface area contributed by atoms with Gasteiger partial charge in [0.25, 0.3) is 0 Å². The van der Waals surface area contributed by atoms with E-state index in [0.717, 1.165) is 31.6 Å². The molecular weight excluding hydrogens is 325 g/mol. The molecule has 2 aromatic rings. The summed E-state index contributed by atoms with van der Waals surface area (Å²) in [6.07, 6.45) is 2.07. The molecule has 5 heteroatoms.